The second-order valence-electron chi connectivity index (χ2n) is 8.74. The average Bonchev–Trinajstić information content (AvgIpc) is 3.26. The Balaban J connectivity index is 1.36. The molecule has 0 bridgehead atoms. The summed E-state index contributed by atoms with van der Waals surface area (Å²) >= 11 is 0. The zero-order chi connectivity index (χ0) is 26.1. The van der Waals surface area contributed by atoms with E-state index in [2.05, 4.69) is 20.0 Å². The Kier molecular flexibility index (Phi) is 6.07. The first-order valence-corrected chi connectivity index (χ1v) is 11.5. The summed E-state index contributed by atoms with van der Waals surface area (Å²) in [5.74, 6) is 0.650. The van der Waals surface area contributed by atoms with Gasteiger partial charge in [-0.1, -0.05) is 0 Å². The lowest BCUT2D eigenvalue weighted by Crippen LogP contribution is -1.88. The van der Waals surface area contributed by atoms with Gasteiger partial charge >= 0.3 is 0 Å². The molecule has 1 aromatic heterocycles. The third-order valence-corrected chi connectivity index (χ3v) is 5.99. The molecule has 0 amide bonds. The first-order chi connectivity index (χ1) is 17.8. The zero-order valence-corrected chi connectivity index (χ0v) is 20.1. The van der Waals surface area contributed by atoms with Crippen molar-refractivity contribution in [2.24, 2.45) is 9.98 Å². The lowest BCUT2D eigenvalue weighted by Gasteiger charge is -2.04. The molecule has 8 heteroatoms. The number of nitrogens with one attached hydrogen (secondary N) is 1. The van der Waals surface area contributed by atoms with Crippen molar-refractivity contribution in [1.29, 1.82) is 0 Å². The molecule has 5 N–H and O–H groups in total. The van der Waals surface area contributed by atoms with Crippen molar-refractivity contribution >= 4 is 34.8 Å². The van der Waals surface area contributed by atoms with E-state index in [9.17, 15) is 20.4 Å². The molecule has 0 fully saturated rings. The molecule has 0 aliphatic heterocycles. The number of hydrogen-bond donors (Lipinski definition) is 5. The molecule has 5 rings (SSSR count). The van der Waals surface area contributed by atoms with Crippen molar-refractivity contribution in [2.45, 2.75) is 13.8 Å². The summed E-state index contributed by atoms with van der Waals surface area (Å²) < 4.78 is 0. The number of hydrogen-bond acceptors (Lipinski definition) is 7. The van der Waals surface area contributed by atoms with Crippen LogP contribution >= 0.6 is 0 Å². The quantitative estimate of drug-likeness (QED) is 0.187. The molecular weight excluding hydrogens is 468 g/mol. The molecule has 0 atom stereocenters. The van der Waals surface area contributed by atoms with Gasteiger partial charge in [-0.25, -0.2) is 4.98 Å². The average molecular weight is 493 g/mol. The van der Waals surface area contributed by atoms with Crippen molar-refractivity contribution in [1.82, 2.24) is 9.97 Å². The Morgan fingerprint density at radius 2 is 1.22 bits per heavy atom. The molecule has 0 saturated heterocycles. The highest BCUT2D eigenvalue weighted by molar-refractivity contribution is 5.90. The van der Waals surface area contributed by atoms with Gasteiger partial charge in [0.05, 0.1) is 22.4 Å². The fourth-order valence-corrected chi connectivity index (χ4v) is 4.06. The van der Waals surface area contributed by atoms with Crippen LogP contribution in [0.15, 0.2) is 76.7 Å². The van der Waals surface area contributed by atoms with Gasteiger partial charge in [0.15, 0.2) is 0 Å². The highest BCUT2D eigenvalue weighted by atomic mass is 16.3. The topological polar surface area (TPSA) is 134 Å². The van der Waals surface area contributed by atoms with Crippen molar-refractivity contribution in [3.63, 3.8) is 0 Å². The van der Waals surface area contributed by atoms with E-state index in [0.29, 0.717) is 33.9 Å². The smallest absolute Gasteiger partial charge is 0.138 e. The first kappa shape index (κ1) is 23.6. The van der Waals surface area contributed by atoms with Gasteiger partial charge in [0.25, 0.3) is 0 Å². The second-order valence-corrected chi connectivity index (χ2v) is 8.74. The molecule has 0 saturated carbocycles. The first-order valence-electron chi connectivity index (χ1n) is 11.5. The molecule has 4 aromatic carbocycles. The summed E-state index contributed by atoms with van der Waals surface area (Å²) in [5.41, 5.74) is 6.41. The third kappa shape index (κ3) is 4.99. The molecule has 5 aromatic rings. The number of phenolic OH excluding ortho intramolecular Hbond substituents is 4. The van der Waals surface area contributed by atoms with Crippen molar-refractivity contribution < 1.29 is 20.4 Å². The van der Waals surface area contributed by atoms with Gasteiger partial charge in [0, 0.05) is 41.3 Å². The number of rotatable bonds is 5. The van der Waals surface area contributed by atoms with Gasteiger partial charge < -0.3 is 25.4 Å². The van der Waals surface area contributed by atoms with Crippen molar-refractivity contribution in [2.75, 3.05) is 0 Å². The van der Waals surface area contributed by atoms with Crippen LogP contribution in [0.4, 0.5) is 11.4 Å². The lowest BCUT2D eigenvalue weighted by molar-refractivity contribution is 0.448. The van der Waals surface area contributed by atoms with Crippen LogP contribution in [0.3, 0.4) is 0 Å². The summed E-state index contributed by atoms with van der Waals surface area (Å²) in [6, 6.07) is 18.8. The van der Waals surface area contributed by atoms with E-state index in [1.54, 1.807) is 38.4 Å². The third-order valence-electron chi connectivity index (χ3n) is 5.99. The maximum atomic E-state index is 10.1. The maximum absolute atomic E-state index is 10.1. The largest absolute Gasteiger partial charge is 0.508 e. The molecule has 0 aliphatic rings. The standard InChI is InChI=1S/C29H24N4O4/c1-16-9-21(34)12-27(36)23(16)14-30-19-5-3-18(4-6-19)29-32-25-8-7-20(11-26(25)33-29)31-15-24-17(2)10-22(35)13-28(24)37/h3-15,34-37H,1-2H3,(H,32,33). The fraction of sp³-hybridized carbons (Fsp3) is 0.0690. The SMILES string of the molecule is Cc1cc(O)cc(O)c1C=Nc1ccc(-c2nc3ccc(N=Cc4c(C)cc(O)cc4O)cc3[nH]2)cc1. The molecule has 0 spiro atoms. The van der Waals surface area contributed by atoms with Crippen LogP contribution in [-0.4, -0.2) is 42.8 Å². The van der Waals surface area contributed by atoms with Crippen molar-refractivity contribution in [3.8, 4) is 34.4 Å². The molecule has 0 unspecified atom stereocenters. The number of aromatic nitrogens is 2. The summed E-state index contributed by atoms with van der Waals surface area (Å²) in [6.07, 6.45) is 3.14. The number of benzene rings is 4. The van der Waals surface area contributed by atoms with Crippen molar-refractivity contribution in [3.05, 3.63) is 89.0 Å². The van der Waals surface area contributed by atoms with E-state index >= 15 is 0 Å². The summed E-state index contributed by atoms with van der Waals surface area (Å²) in [5, 5.41) is 39.3. The highest BCUT2D eigenvalue weighted by Gasteiger charge is 2.08. The highest BCUT2D eigenvalue weighted by Crippen LogP contribution is 2.29. The summed E-state index contributed by atoms with van der Waals surface area (Å²) in [6.45, 7) is 3.58. The summed E-state index contributed by atoms with van der Waals surface area (Å²) in [7, 11) is 0. The van der Waals surface area contributed by atoms with Crippen LogP contribution in [0.5, 0.6) is 23.0 Å². The fourth-order valence-electron chi connectivity index (χ4n) is 4.06. The van der Waals surface area contributed by atoms with Crippen LogP contribution in [0.2, 0.25) is 0 Å². The van der Waals surface area contributed by atoms with E-state index < -0.39 is 0 Å². The van der Waals surface area contributed by atoms with Crippen LogP contribution in [0, 0.1) is 13.8 Å². The van der Waals surface area contributed by atoms with Crippen LogP contribution in [0.1, 0.15) is 22.3 Å². The Bertz CT molecular complexity index is 1640. The predicted molar refractivity (Wildman–Crippen MR) is 145 cm³/mol. The number of nitrogens with zero attached hydrogens (tertiary/aromatic N) is 3. The van der Waals surface area contributed by atoms with E-state index in [0.717, 1.165) is 22.2 Å². The molecule has 37 heavy (non-hydrogen) atoms. The van der Waals surface area contributed by atoms with Gasteiger partial charge in [-0.05, 0) is 79.6 Å². The Hall–Kier alpha value is -5.11. The minimum absolute atomic E-state index is 0.00475. The molecule has 1 heterocycles. The molecule has 8 nitrogen and oxygen atoms in total. The number of aryl methyl sites for hydroxylation is 2. The molecular formula is C29H24N4O4. The number of fused-ring (bicyclic) bond motifs is 1. The van der Waals surface area contributed by atoms with E-state index in [1.807, 2.05) is 42.5 Å². The normalized spacial score (nSPS) is 11.7. The number of aromatic amines is 1. The number of aliphatic imine (C=N–C) groups is 2. The Labute approximate surface area is 212 Å². The molecule has 0 radical (unpaired) electrons. The summed E-state index contributed by atoms with van der Waals surface area (Å²) in [4.78, 5) is 16.9. The molecule has 0 aliphatic carbocycles. The van der Waals surface area contributed by atoms with Gasteiger partial charge in [-0.2, -0.15) is 0 Å². The Morgan fingerprint density at radius 3 is 1.78 bits per heavy atom. The Morgan fingerprint density at radius 1 is 0.676 bits per heavy atom. The number of imidazole rings is 1. The van der Waals surface area contributed by atoms with Gasteiger partial charge in [0.1, 0.15) is 28.8 Å². The zero-order valence-electron chi connectivity index (χ0n) is 20.1. The van der Waals surface area contributed by atoms with Crippen LogP contribution in [0.25, 0.3) is 22.4 Å². The number of aromatic hydroxyl groups is 4. The van der Waals surface area contributed by atoms with E-state index in [-0.39, 0.29) is 23.0 Å². The predicted octanol–water partition coefficient (Wildman–Crippen LogP) is 6.17. The maximum Gasteiger partial charge on any atom is 0.138 e. The lowest BCUT2D eigenvalue weighted by atomic mass is 10.1. The van der Waals surface area contributed by atoms with Gasteiger partial charge in [0.2, 0.25) is 0 Å². The number of phenols is 4. The monoisotopic (exact) mass is 492 g/mol. The second kappa shape index (κ2) is 9.50. The molecule has 184 valence electrons. The van der Waals surface area contributed by atoms with Gasteiger partial charge in [-0.3, -0.25) is 9.98 Å². The number of H-pyrrole nitrogens is 1. The van der Waals surface area contributed by atoms with Gasteiger partial charge in [-0.15, -0.1) is 0 Å². The van der Waals surface area contributed by atoms with E-state index in [4.69, 9.17) is 0 Å². The van der Waals surface area contributed by atoms with Crippen LogP contribution in [-0.2, 0) is 0 Å². The van der Waals surface area contributed by atoms with Crippen LogP contribution < -0.4 is 0 Å². The minimum atomic E-state index is -0.0334. The van der Waals surface area contributed by atoms with E-state index in [1.165, 1.54) is 12.1 Å². The minimum Gasteiger partial charge on any atom is -0.508 e.